The SMILES string of the molecule is CC(C)(C)c1ccccc1Oc1ncccc1NC(=O)Nc1cccc2[nH]cnc12. The Morgan fingerprint density at radius 3 is 2.53 bits per heavy atom. The van der Waals surface area contributed by atoms with Gasteiger partial charge in [0.2, 0.25) is 5.88 Å². The first-order valence-corrected chi connectivity index (χ1v) is 9.64. The summed E-state index contributed by atoms with van der Waals surface area (Å²) in [5.74, 6) is 1.02. The van der Waals surface area contributed by atoms with Crippen molar-refractivity contribution < 1.29 is 9.53 Å². The lowest BCUT2D eigenvalue weighted by Gasteiger charge is -2.22. The number of para-hydroxylation sites is 2. The highest BCUT2D eigenvalue weighted by Gasteiger charge is 2.20. The van der Waals surface area contributed by atoms with Crippen molar-refractivity contribution in [2.75, 3.05) is 10.6 Å². The predicted octanol–water partition coefficient (Wildman–Crippen LogP) is 5.69. The van der Waals surface area contributed by atoms with Gasteiger partial charge in [0.15, 0.2) is 0 Å². The molecule has 2 aromatic heterocycles. The number of amides is 2. The number of urea groups is 1. The lowest BCUT2D eigenvalue weighted by atomic mass is 9.86. The van der Waals surface area contributed by atoms with Crippen molar-refractivity contribution >= 4 is 28.4 Å². The molecule has 4 rings (SSSR count). The van der Waals surface area contributed by atoms with E-state index in [-0.39, 0.29) is 5.41 Å². The predicted molar refractivity (Wildman–Crippen MR) is 118 cm³/mol. The molecule has 2 heterocycles. The van der Waals surface area contributed by atoms with Crippen molar-refractivity contribution in [2.45, 2.75) is 26.2 Å². The van der Waals surface area contributed by atoms with Crippen LogP contribution in [-0.2, 0) is 5.41 Å². The van der Waals surface area contributed by atoms with Gasteiger partial charge in [-0.3, -0.25) is 0 Å². The van der Waals surface area contributed by atoms with E-state index in [0.717, 1.165) is 11.1 Å². The highest BCUT2D eigenvalue weighted by molar-refractivity contribution is 6.05. The molecular formula is C23H23N5O2. The van der Waals surface area contributed by atoms with Crippen LogP contribution in [0.1, 0.15) is 26.3 Å². The molecule has 0 aliphatic heterocycles. The number of anilines is 2. The highest BCUT2D eigenvalue weighted by Crippen LogP contribution is 2.35. The number of aromatic nitrogens is 3. The molecule has 7 nitrogen and oxygen atoms in total. The molecule has 3 N–H and O–H groups in total. The first kappa shape index (κ1) is 19.4. The van der Waals surface area contributed by atoms with Gasteiger partial charge in [0, 0.05) is 11.8 Å². The summed E-state index contributed by atoms with van der Waals surface area (Å²) < 4.78 is 6.11. The Morgan fingerprint density at radius 2 is 1.70 bits per heavy atom. The zero-order valence-electron chi connectivity index (χ0n) is 17.1. The molecule has 0 spiro atoms. The van der Waals surface area contributed by atoms with Crippen molar-refractivity contribution in [1.29, 1.82) is 0 Å². The van der Waals surface area contributed by atoms with E-state index in [2.05, 4.69) is 46.4 Å². The van der Waals surface area contributed by atoms with Crippen LogP contribution in [-0.4, -0.2) is 21.0 Å². The summed E-state index contributed by atoms with van der Waals surface area (Å²) in [7, 11) is 0. The van der Waals surface area contributed by atoms with Crippen LogP contribution in [0.3, 0.4) is 0 Å². The van der Waals surface area contributed by atoms with E-state index in [0.29, 0.717) is 28.5 Å². The van der Waals surface area contributed by atoms with Crippen LogP contribution in [0, 0.1) is 0 Å². The summed E-state index contributed by atoms with van der Waals surface area (Å²) in [6.07, 6.45) is 3.22. The van der Waals surface area contributed by atoms with E-state index in [1.165, 1.54) is 0 Å². The Balaban J connectivity index is 1.56. The fraction of sp³-hybridized carbons (Fsp3) is 0.174. The Bertz CT molecular complexity index is 1190. The maximum atomic E-state index is 12.6. The zero-order chi connectivity index (χ0) is 21.1. The summed E-state index contributed by atoms with van der Waals surface area (Å²) in [5.41, 5.74) is 3.56. The molecule has 0 saturated heterocycles. The fourth-order valence-corrected chi connectivity index (χ4v) is 3.19. The van der Waals surface area contributed by atoms with E-state index >= 15 is 0 Å². The van der Waals surface area contributed by atoms with E-state index in [9.17, 15) is 4.79 Å². The Hall–Kier alpha value is -3.87. The van der Waals surface area contributed by atoms with Crippen molar-refractivity contribution in [1.82, 2.24) is 15.0 Å². The normalized spacial score (nSPS) is 11.3. The van der Waals surface area contributed by atoms with Gasteiger partial charge in [-0.15, -0.1) is 0 Å². The number of benzene rings is 2. The number of ether oxygens (including phenoxy) is 1. The monoisotopic (exact) mass is 401 g/mol. The molecule has 30 heavy (non-hydrogen) atoms. The summed E-state index contributed by atoms with van der Waals surface area (Å²) in [6, 6.07) is 16.4. The van der Waals surface area contributed by atoms with Gasteiger partial charge in [-0.2, -0.15) is 0 Å². The van der Waals surface area contributed by atoms with Gasteiger partial charge in [0.05, 0.1) is 17.5 Å². The maximum Gasteiger partial charge on any atom is 0.323 e. The van der Waals surface area contributed by atoms with Crippen LogP contribution >= 0.6 is 0 Å². The highest BCUT2D eigenvalue weighted by atomic mass is 16.5. The fourth-order valence-electron chi connectivity index (χ4n) is 3.19. The molecule has 7 heteroatoms. The number of pyridine rings is 1. The average Bonchev–Trinajstić information content (AvgIpc) is 3.19. The van der Waals surface area contributed by atoms with E-state index in [1.54, 1.807) is 30.7 Å². The van der Waals surface area contributed by atoms with Crippen LogP contribution in [0.5, 0.6) is 11.6 Å². The van der Waals surface area contributed by atoms with Crippen LogP contribution in [0.25, 0.3) is 11.0 Å². The van der Waals surface area contributed by atoms with E-state index in [4.69, 9.17) is 4.74 Å². The molecular weight excluding hydrogens is 378 g/mol. The average molecular weight is 401 g/mol. The third-order valence-electron chi connectivity index (χ3n) is 4.62. The molecule has 0 saturated carbocycles. The van der Waals surface area contributed by atoms with Gasteiger partial charge in [0.1, 0.15) is 17.0 Å². The number of fused-ring (bicyclic) bond motifs is 1. The van der Waals surface area contributed by atoms with Gasteiger partial charge in [-0.1, -0.05) is 45.0 Å². The molecule has 0 unspecified atom stereocenters. The van der Waals surface area contributed by atoms with E-state index < -0.39 is 6.03 Å². The lowest BCUT2D eigenvalue weighted by Crippen LogP contribution is -2.20. The molecule has 0 aliphatic carbocycles. The molecule has 0 aliphatic rings. The number of aromatic amines is 1. The van der Waals surface area contributed by atoms with Crippen molar-refractivity contribution in [2.24, 2.45) is 0 Å². The standard InChI is InChI=1S/C23H23N5O2/c1-23(2,3)15-8-4-5-12-19(15)30-21-18(11-7-13-24-21)28-22(29)27-17-10-6-9-16-20(17)26-14-25-16/h4-14H,1-3H3,(H,25,26)(H2,27,28,29). The molecule has 0 atom stereocenters. The molecule has 152 valence electrons. The van der Waals surface area contributed by atoms with Gasteiger partial charge < -0.3 is 20.4 Å². The Kier molecular flexibility index (Phi) is 5.10. The number of carbonyl (C=O) groups is 1. The molecule has 0 radical (unpaired) electrons. The quantitative estimate of drug-likeness (QED) is 0.409. The maximum absolute atomic E-state index is 12.6. The topological polar surface area (TPSA) is 91.9 Å². The van der Waals surface area contributed by atoms with Gasteiger partial charge in [0.25, 0.3) is 0 Å². The third kappa shape index (κ3) is 4.10. The first-order chi connectivity index (χ1) is 14.4. The van der Waals surface area contributed by atoms with Gasteiger partial charge in [-0.05, 0) is 35.7 Å². The number of hydrogen-bond acceptors (Lipinski definition) is 4. The first-order valence-electron chi connectivity index (χ1n) is 9.64. The van der Waals surface area contributed by atoms with Crippen molar-refractivity contribution in [3.05, 3.63) is 72.7 Å². The van der Waals surface area contributed by atoms with Crippen molar-refractivity contribution in [3.63, 3.8) is 0 Å². The summed E-state index contributed by atoms with van der Waals surface area (Å²) in [4.78, 5) is 24.2. The summed E-state index contributed by atoms with van der Waals surface area (Å²) in [5, 5.41) is 5.65. The number of H-pyrrole nitrogens is 1. The zero-order valence-corrected chi connectivity index (χ0v) is 17.1. The molecule has 0 fully saturated rings. The minimum Gasteiger partial charge on any atom is -0.437 e. The van der Waals surface area contributed by atoms with Gasteiger partial charge >= 0.3 is 6.03 Å². The minimum atomic E-state index is -0.410. The lowest BCUT2D eigenvalue weighted by molar-refractivity contribution is 0.262. The van der Waals surface area contributed by atoms with Crippen LogP contribution in [0.15, 0.2) is 67.1 Å². The van der Waals surface area contributed by atoms with Crippen LogP contribution < -0.4 is 15.4 Å². The second kappa shape index (κ2) is 7.87. The summed E-state index contributed by atoms with van der Waals surface area (Å²) >= 11 is 0. The van der Waals surface area contributed by atoms with Crippen molar-refractivity contribution in [3.8, 4) is 11.6 Å². The number of hydrogen-bond donors (Lipinski definition) is 3. The molecule has 4 aromatic rings. The Labute approximate surface area is 174 Å². The molecule has 2 aromatic carbocycles. The largest absolute Gasteiger partial charge is 0.437 e. The number of rotatable bonds is 4. The van der Waals surface area contributed by atoms with Crippen LogP contribution in [0.2, 0.25) is 0 Å². The third-order valence-corrected chi connectivity index (χ3v) is 4.62. The molecule has 2 amide bonds. The molecule has 0 bridgehead atoms. The van der Waals surface area contributed by atoms with E-state index in [1.807, 2.05) is 36.4 Å². The second-order valence-electron chi connectivity index (χ2n) is 7.89. The summed E-state index contributed by atoms with van der Waals surface area (Å²) in [6.45, 7) is 6.36. The minimum absolute atomic E-state index is 0.0986. The Morgan fingerprint density at radius 1 is 0.933 bits per heavy atom. The second-order valence-corrected chi connectivity index (χ2v) is 7.89. The number of carbonyl (C=O) groups excluding carboxylic acids is 1. The smallest absolute Gasteiger partial charge is 0.323 e. The number of imidazole rings is 1. The van der Waals surface area contributed by atoms with Crippen LogP contribution in [0.4, 0.5) is 16.2 Å². The number of nitrogens with zero attached hydrogens (tertiary/aromatic N) is 2. The van der Waals surface area contributed by atoms with Gasteiger partial charge in [-0.25, -0.2) is 14.8 Å². The number of nitrogens with one attached hydrogen (secondary N) is 3.